The number of rotatable bonds is 4. The number of hydrogen-bond acceptors (Lipinski definition) is 4. The van der Waals surface area contributed by atoms with Crippen LogP contribution in [-0.4, -0.2) is 44.9 Å². The van der Waals surface area contributed by atoms with Gasteiger partial charge in [0.25, 0.3) is 0 Å². The van der Waals surface area contributed by atoms with Crippen LogP contribution in [-0.2, 0) is 4.74 Å². The maximum absolute atomic E-state index is 13.7. The lowest BCUT2D eigenvalue weighted by atomic mass is 9.99. The fourth-order valence-corrected chi connectivity index (χ4v) is 2.16. The molecule has 2 rings (SSSR count). The first-order chi connectivity index (χ1) is 9.24. The van der Waals surface area contributed by atoms with E-state index in [1.54, 1.807) is 12.1 Å². The van der Waals surface area contributed by atoms with Crippen LogP contribution in [0.4, 0.5) is 4.39 Å². The van der Waals surface area contributed by atoms with E-state index in [0.29, 0.717) is 25.3 Å². The van der Waals surface area contributed by atoms with Crippen LogP contribution in [0.3, 0.4) is 0 Å². The molecule has 0 aliphatic carbocycles. The van der Waals surface area contributed by atoms with Crippen molar-refractivity contribution in [1.82, 2.24) is 4.90 Å². The van der Waals surface area contributed by atoms with Crippen molar-refractivity contribution in [3.63, 3.8) is 0 Å². The zero-order valence-electron chi connectivity index (χ0n) is 10.9. The number of nitrogens with zero attached hydrogens (tertiary/aromatic N) is 2. The van der Waals surface area contributed by atoms with Gasteiger partial charge in [-0.2, -0.15) is 5.26 Å². The van der Waals surface area contributed by atoms with E-state index < -0.39 is 5.82 Å². The number of benzene rings is 1. The van der Waals surface area contributed by atoms with Crippen molar-refractivity contribution in [3.8, 4) is 11.8 Å². The molecule has 1 fully saturated rings. The van der Waals surface area contributed by atoms with Crippen LogP contribution in [0.1, 0.15) is 11.5 Å². The number of methoxy groups -OCH3 is 1. The summed E-state index contributed by atoms with van der Waals surface area (Å²) in [5.41, 5.74) is 0.687. The lowest BCUT2D eigenvalue weighted by Gasteiger charge is -2.28. The van der Waals surface area contributed by atoms with Crippen LogP contribution in [0.5, 0.6) is 5.75 Å². The molecule has 0 N–H and O–H groups in total. The summed E-state index contributed by atoms with van der Waals surface area (Å²) in [6.45, 7) is 3.61. The average molecular weight is 264 g/mol. The fourth-order valence-electron chi connectivity index (χ4n) is 2.16. The van der Waals surface area contributed by atoms with Gasteiger partial charge in [-0.1, -0.05) is 6.07 Å². The molecular weight excluding hydrogens is 247 g/mol. The van der Waals surface area contributed by atoms with E-state index in [1.165, 1.54) is 13.2 Å². The minimum absolute atomic E-state index is 0.201. The molecule has 19 heavy (non-hydrogen) atoms. The summed E-state index contributed by atoms with van der Waals surface area (Å²) in [4.78, 5) is 2.17. The van der Waals surface area contributed by atoms with Crippen molar-refractivity contribution < 1.29 is 13.9 Å². The zero-order valence-corrected chi connectivity index (χ0v) is 10.9. The standard InChI is InChI=1S/C14H17FN2O2/c1-18-14-3-2-11(8-13(14)15)12(9-16)10-17-4-6-19-7-5-17/h2-3,8,12H,4-7,10H2,1H3. The topological polar surface area (TPSA) is 45.5 Å². The molecule has 102 valence electrons. The SMILES string of the molecule is COc1ccc(C(C#N)CN2CCOCC2)cc1F. The fraction of sp³-hybridized carbons (Fsp3) is 0.500. The van der Waals surface area contributed by atoms with E-state index in [2.05, 4.69) is 11.0 Å². The minimum Gasteiger partial charge on any atom is -0.494 e. The second-order valence-corrected chi connectivity index (χ2v) is 4.49. The smallest absolute Gasteiger partial charge is 0.165 e. The van der Waals surface area contributed by atoms with Gasteiger partial charge in [-0.05, 0) is 17.7 Å². The number of nitriles is 1. The Morgan fingerprint density at radius 2 is 2.21 bits per heavy atom. The molecule has 1 heterocycles. The first kappa shape index (κ1) is 13.8. The Bertz CT molecular complexity index is 467. The summed E-state index contributed by atoms with van der Waals surface area (Å²) in [6, 6.07) is 6.93. The normalized spacial score (nSPS) is 17.7. The Kier molecular flexibility index (Phi) is 4.72. The van der Waals surface area contributed by atoms with Crippen LogP contribution >= 0.6 is 0 Å². The first-order valence-corrected chi connectivity index (χ1v) is 6.27. The van der Waals surface area contributed by atoms with E-state index in [9.17, 15) is 9.65 Å². The summed E-state index contributed by atoms with van der Waals surface area (Å²) in [6.07, 6.45) is 0. The predicted octanol–water partition coefficient (Wildman–Crippen LogP) is 1.77. The predicted molar refractivity (Wildman–Crippen MR) is 68.6 cm³/mol. The van der Waals surface area contributed by atoms with Gasteiger partial charge in [0, 0.05) is 19.6 Å². The highest BCUT2D eigenvalue weighted by Gasteiger charge is 2.19. The minimum atomic E-state index is -0.428. The third-order valence-corrected chi connectivity index (χ3v) is 3.28. The Balaban J connectivity index is 2.08. The van der Waals surface area contributed by atoms with Crippen molar-refractivity contribution in [2.24, 2.45) is 0 Å². The third kappa shape index (κ3) is 3.43. The Morgan fingerprint density at radius 1 is 1.47 bits per heavy atom. The first-order valence-electron chi connectivity index (χ1n) is 6.27. The quantitative estimate of drug-likeness (QED) is 0.831. The van der Waals surface area contributed by atoms with Gasteiger partial charge in [-0.25, -0.2) is 4.39 Å². The maximum Gasteiger partial charge on any atom is 0.165 e. The van der Waals surface area contributed by atoms with Crippen molar-refractivity contribution in [1.29, 1.82) is 5.26 Å². The number of ether oxygens (including phenoxy) is 2. The van der Waals surface area contributed by atoms with Crippen molar-refractivity contribution in [3.05, 3.63) is 29.6 Å². The molecule has 0 bridgehead atoms. The van der Waals surface area contributed by atoms with Crippen molar-refractivity contribution in [2.75, 3.05) is 40.0 Å². The lowest BCUT2D eigenvalue weighted by Crippen LogP contribution is -2.38. The molecule has 1 saturated heterocycles. The third-order valence-electron chi connectivity index (χ3n) is 3.28. The summed E-state index contributed by atoms with van der Waals surface area (Å²) >= 11 is 0. The molecule has 1 unspecified atom stereocenters. The highest BCUT2D eigenvalue weighted by atomic mass is 19.1. The summed E-state index contributed by atoms with van der Waals surface area (Å²) in [5.74, 6) is -0.562. The van der Waals surface area contributed by atoms with E-state index in [1.807, 2.05) is 0 Å². The van der Waals surface area contributed by atoms with Gasteiger partial charge in [0.05, 0.1) is 32.3 Å². The molecule has 0 radical (unpaired) electrons. The molecule has 1 aliphatic rings. The molecule has 4 nitrogen and oxygen atoms in total. The van der Waals surface area contributed by atoms with Crippen LogP contribution in [0, 0.1) is 17.1 Å². The zero-order chi connectivity index (χ0) is 13.7. The van der Waals surface area contributed by atoms with Gasteiger partial charge in [0.1, 0.15) is 0 Å². The van der Waals surface area contributed by atoms with E-state index in [4.69, 9.17) is 9.47 Å². The Labute approximate surface area is 112 Å². The lowest BCUT2D eigenvalue weighted by molar-refractivity contribution is 0.0370. The molecular formula is C14H17FN2O2. The van der Waals surface area contributed by atoms with Gasteiger partial charge in [-0.15, -0.1) is 0 Å². The van der Waals surface area contributed by atoms with Gasteiger partial charge in [0.2, 0.25) is 0 Å². The van der Waals surface area contributed by atoms with Crippen molar-refractivity contribution in [2.45, 2.75) is 5.92 Å². The van der Waals surface area contributed by atoms with E-state index in [0.717, 1.165) is 13.1 Å². The molecule has 1 aliphatic heterocycles. The second-order valence-electron chi connectivity index (χ2n) is 4.49. The van der Waals surface area contributed by atoms with E-state index in [-0.39, 0.29) is 11.7 Å². The van der Waals surface area contributed by atoms with Crippen LogP contribution < -0.4 is 4.74 Å². The Hall–Kier alpha value is -1.64. The molecule has 1 aromatic rings. The largest absolute Gasteiger partial charge is 0.494 e. The van der Waals surface area contributed by atoms with Crippen LogP contribution in [0.2, 0.25) is 0 Å². The van der Waals surface area contributed by atoms with Gasteiger partial charge < -0.3 is 9.47 Å². The summed E-state index contributed by atoms with van der Waals surface area (Å²) in [5, 5.41) is 9.27. The molecule has 0 aromatic heterocycles. The molecule has 1 aromatic carbocycles. The molecule has 0 amide bonds. The van der Waals surface area contributed by atoms with Gasteiger partial charge in [0.15, 0.2) is 11.6 Å². The highest BCUT2D eigenvalue weighted by molar-refractivity contribution is 5.33. The molecule has 0 saturated carbocycles. The van der Waals surface area contributed by atoms with Crippen molar-refractivity contribution >= 4 is 0 Å². The monoisotopic (exact) mass is 264 g/mol. The van der Waals surface area contributed by atoms with Gasteiger partial charge >= 0.3 is 0 Å². The van der Waals surface area contributed by atoms with Crippen LogP contribution in [0.25, 0.3) is 0 Å². The number of halogens is 1. The molecule has 1 atom stereocenters. The van der Waals surface area contributed by atoms with E-state index >= 15 is 0 Å². The Morgan fingerprint density at radius 3 is 2.79 bits per heavy atom. The molecule has 0 spiro atoms. The maximum atomic E-state index is 13.7. The average Bonchev–Trinajstić information content (AvgIpc) is 2.46. The summed E-state index contributed by atoms with van der Waals surface area (Å²) in [7, 11) is 1.42. The number of hydrogen-bond donors (Lipinski definition) is 0. The summed E-state index contributed by atoms with van der Waals surface area (Å²) < 4.78 is 23.8. The van der Waals surface area contributed by atoms with Crippen LogP contribution in [0.15, 0.2) is 18.2 Å². The van der Waals surface area contributed by atoms with Gasteiger partial charge in [-0.3, -0.25) is 4.90 Å². The molecule has 5 heteroatoms. The second kappa shape index (κ2) is 6.50. The number of morpholine rings is 1. The highest BCUT2D eigenvalue weighted by Crippen LogP contribution is 2.23.